The maximum Gasteiger partial charge on any atom is 0.410 e. The summed E-state index contributed by atoms with van der Waals surface area (Å²) < 4.78 is 5.79. The zero-order chi connectivity index (χ0) is 15.0. The zero-order valence-corrected chi connectivity index (χ0v) is 14.2. The molecule has 0 spiro atoms. The number of rotatable bonds is 1. The van der Waals surface area contributed by atoms with Crippen LogP contribution in [0.2, 0.25) is 0 Å². The fraction of sp³-hybridized carbons (Fsp3) is 0.933. The van der Waals surface area contributed by atoms with Gasteiger partial charge < -0.3 is 15.0 Å². The van der Waals surface area contributed by atoms with E-state index in [0.29, 0.717) is 16.7 Å². The molecule has 0 aliphatic carbocycles. The second kappa shape index (κ2) is 5.76. The summed E-state index contributed by atoms with van der Waals surface area (Å²) in [5, 5.41) is 3.60. The van der Waals surface area contributed by atoms with E-state index in [1.54, 1.807) is 0 Å². The number of amides is 1. The van der Waals surface area contributed by atoms with Crippen molar-refractivity contribution in [2.75, 3.05) is 25.4 Å². The Bertz CT molecular complexity index is 365. The van der Waals surface area contributed by atoms with E-state index in [4.69, 9.17) is 4.74 Å². The fourth-order valence-electron chi connectivity index (χ4n) is 3.13. The van der Waals surface area contributed by atoms with E-state index in [1.165, 1.54) is 12.2 Å². The van der Waals surface area contributed by atoms with Crippen molar-refractivity contribution in [3.8, 4) is 0 Å². The lowest BCUT2D eigenvalue weighted by Crippen LogP contribution is -2.58. The molecule has 2 rings (SSSR count). The second-order valence-corrected chi connectivity index (χ2v) is 9.08. The predicted molar refractivity (Wildman–Crippen MR) is 84.2 cm³/mol. The Morgan fingerprint density at radius 1 is 1.40 bits per heavy atom. The molecule has 1 N–H and O–H groups in total. The minimum absolute atomic E-state index is 0.174. The van der Waals surface area contributed by atoms with Crippen molar-refractivity contribution in [3.63, 3.8) is 0 Å². The van der Waals surface area contributed by atoms with Crippen LogP contribution in [0.15, 0.2) is 0 Å². The summed E-state index contributed by atoms with van der Waals surface area (Å²) in [4.78, 5) is 14.1. The smallest absolute Gasteiger partial charge is 0.410 e. The molecular weight excluding hydrogens is 272 g/mol. The Kier molecular flexibility index (Phi) is 4.59. The van der Waals surface area contributed by atoms with Crippen molar-refractivity contribution in [2.24, 2.45) is 5.92 Å². The third-order valence-electron chi connectivity index (χ3n) is 4.14. The lowest BCUT2D eigenvalue weighted by Gasteiger charge is -2.41. The number of ether oxygens (including phenoxy) is 1. The van der Waals surface area contributed by atoms with Crippen LogP contribution < -0.4 is 5.32 Å². The largest absolute Gasteiger partial charge is 0.444 e. The number of thioether (sulfide) groups is 1. The van der Waals surface area contributed by atoms with Gasteiger partial charge in [0, 0.05) is 30.4 Å². The van der Waals surface area contributed by atoms with Gasteiger partial charge in [-0.05, 0) is 38.9 Å². The normalized spacial score (nSPS) is 30.4. The van der Waals surface area contributed by atoms with Crippen LogP contribution in [0.25, 0.3) is 0 Å². The number of carbonyl (C=O) groups excluding carboxylic acids is 1. The second-order valence-electron chi connectivity index (χ2n) is 7.33. The van der Waals surface area contributed by atoms with Gasteiger partial charge >= 0.3 is 6.09 Å². The number of piperazine rings is 1. The lowest BCUT2D eigenvalue weighted by molar-refractivity contribution is 0.0165. The topological polar surface area (TPSA) is 41.6 Å². The summed E-state index contributed by atoms with van der Waals surface area (Å²) in [5.41, 5.74) is -0.417. The Morgan fingerprint density at radius 2 is 2.10 bits per heavy atom. The molecule has 2 aliphatic rings. The molecule has 116 valence electrons. The first-order valence-corrected chi connectivity index (χ1v) is 8.53. The van der Waals surface area contributed by atoms with Crippen LogP contribution in [0, 0.1) is 5.92 Å². The third kappa shape index (κ3) is 3.82. The first-order chi connectivity index (χ1) is 9.19. The molecule has 2 saturated heterocycles. The molecule has 5 heteroatoms. The van der Waals surface area contributed by atoms with Crippen LogP contribution in [0.4, 0.5) is 4.79 Å². The van der Waals surface area contributed by atoms with Crippen LogP contribution in [-0.4, -0.2) is 52.8 Å². The molecular formula is C15H28N2O2S. The lowest BCUT2D eigenvalue weighted by atomic mass is 9.85. The summed E-state index contributed by atoms with van der Waals surface area (Å²) in [6, 6.07) is 0.390. The minimum Gasteiger partial charge on any atom is -0.444 e. The van der Waals surface area contributed by atoms with Gasteiger partial charge in [0.25, 0.3) is 0 Å². The van der Waals surface area contributed by atoms with Gasteiger partial charge in [-0.3, -0.25) is 0 Å². The van der Waals surface area contributed by atoms with E-state index in [0.717, 1.165) is 19.6 Å². The molecule has 4 nitrogen and oxygen atoms in total. The highest BCUT2D eigenvalue weighted by atomic mass is 32.2. The summed E-state index contributed by atoms with van der Waals surface area (Å²) >= 11 is 2.05. The van der Waals surface area contributed by atoms with Crippen molar-refractivity contribution in [3.05, 3.63) is 0 Å². The highest BCUT2D eigenvalue weighted by molar-refractivity contribution is 8.00. The first kappa shape index (κ1) is 16.0. The van der Waals surface area contributed by atoms with Gasteiger partial charge in [-0.2, -0.15) is 11.8 Å². The quantitative estimate of drug-likeness (QED) is 0.808. The SMILES string of the molecule is CC(C)(C)OC(=O)N1CCNC(C2CCSC2(C)C)C1. The molecule has 1 amide bonds. The van der Waals surface area contributed by atoms with Crippen molar-refractivity contribution in [1.82, 2.24) is 10.2 Å². The van der Waals surface area contributed by atoms with Gasteiger partial charge in [-0.1, -0.05) is 13.8 Å². The minimum atomic E-state index is -0.417. The van der Waals surface area contributed by atoms with E-state index < -0.39 is 5.60 Å². The Labute approximate surface area is 127 Å². The maximum absolute atomic E-state index is 12.2. The fourth-order valence-corrected chi connectivity index (χ4v) is 4.52. The summed E-state index contributed by atoms with van der Waals surface area (Å²) in [6.07, 6.45) is 1.06. The zero-order valence-electron chi connectivity index (χ0n) is 13.4. The van der Waals surface area contributed by atoms with Gasteiger partial charge in [-0.25, -0.2) is 4.79 Å². The number of hydrogen-bond donors (Lipinski definition) is 1. The molecule has 0 aromatic carbocycles. The van der Waals surface area contributed by atoms with Crippen molar-refractivity contribution in [2.45, 2.75) is 57.4 Å². The predicted octanol–water partition coefficient (Wildman–Crippen LogP) is 2.73. The molecule has 0 aromatic heterocycles. The average Bonchev–Trinajstić information content (AvgIpc) is 2.67. The number of nitrogens with one attached hydrogen (secondary N) is 1. The third-order valence-corrected chi connectivity index (χ3v) is 5.63. The molecule has 0 bridgehead atoms. The molecule has 0 aromatic rings. The van der Waals surface area contributed by atoms with E-state index in [9.17, 15) is 4.79 Å². The van der Waals surface area contributed by atoms with Gasteiger partial charge in [0.2, 0.25) is 0 Å². The van der Waals surface area contributed by atoms with Crippen molar-refractivity contribution < 1.29 is 9.53 Å². The Morgan fingerprint density at radius 3 is 2.65 bits per heavy atom. The molecule has 2 aliphatic heterocycles. The molecule has 2 heterocycles. The van der Waals surface area contributed by atoms with Crippen molar-refractivity contribution >= 4 is 17.9 Å². The summed E-state index contributed by atoms with van der Waals surface area (Å²) in [6.45, 7) is 12.8. The number of hydrogen-bond acceptors (Lipinski definition) is 4. The highest BCUT2D eigenvalue weighted by Gasteiger charge is 2.42. The first-order valence-electron chi connectivity index (χ1n) is 7.54. The number of carbonyl (C=O) groups is 1. The monoisotopic (exact) mass is 300 g/mol. The number of nitrogens with zero attached hydrogens (tertiary/aromatic N) is 1. The van der Waals surface area contributed by atoms with E-state index in [2.05, 4.69) is 19.2 Å². The van der Waals surface area contributed by atoms with E-state index >= 15 is 0 Å². The highest BCUT2D eigenvalue weighted by Crippen LogP contribution is 2.44. The molecule has 20 heavy (non-hydrogen) atoms. The van der Waals surface area contributed by atoms with Crippen LogP contribution in [0.5, 0.6) is 0 Å². The van der Waals surface area contributed by atoms with Crippen molar-refractivity contribution in [1.29, 1.82) is 0 Å². The average molecular weight is 300 g/mol. The van der Waals surface area contributed by atoms with Gasteiger partial charge in [0.1, 0.15) is 5.60 Å². The van der Waals surface area contributed by atoms with Crippen LogP contribution in [0.3, 0.4) is 0 Å². The molecule has 2 fully saturated rings. The van der Waals surface area contributed by atoms with Crippen LogP contribution >= 0.6 is 11.8 Å². The maximum atomic E-state index is 12.2. The molecule has 0 saturated carbocycles. The van der Waals surface area contributed by atoms with Gasteiger partial charge in [0.15, 0.2) is 0 Å². The Balaban J connectivity index is 1.97. The van der Waals surface area contributed by atoms with Gasteiger partial charge in [0.05, 0.1) is 0 Å². The van der Waals surface area contributed by atoms with E-state index in [1.807, 2.05) is 37.4 Å². The van der Waals surface area contributed by atoms with E-state index in [-0.39, 0.29) is 6.09 Å². The Hall–Kier alpha value is -0.420. The standard InChI is InChI=1S/C15H28N2O2S/c1-14(2,3)19-13(18)17-8-7-16-12(10-17)11-6-9-20-15(11,4)5/h11-12,16H,6-10H2,1-5H3. The summed E-state index contributed by atoms with van der Waals surface area (Å²) in [7, 11) is 0. The van der Waals surface area contributed by atoms with Crippen LogP contribution in [0.1, 0.15) is 41.0 Å². The molecule has 0 radical (unpaired) electrons. The van der Waals surface area contributed by atoms with Crippen LogP contribution in [-0.2, 0) is 4.74 Å². The molecule has 2 unspecified atom stereocenters. The summed E-state index contributed by atoms with van der Waals surface area (Å²) in [5.74, 6) is 1.85. The molecule has 2 atom stereocenters. The van der Waals surface area contributed by atoms with Gasteiger partial charge in [-0.15, -0.1) is 0 Å².